The van der Waals surface area contributed by atoms with Crippen LogP contribution in [0.25, 0.3) is 0 Å². The number of halogens is 4. The molecule has 1 aromatic carbocycles. The minimum absolute atomic E-state index is 0. The standard InChI is InChI=1S/C11H12F3NO.ClH/c1-16-8-2-3-9-7(6-8)4-5-15-10(9)11(12,13)14;/h2-3,6,10,15H,4-5H2,1H3;1H. The smallest absolute Gasteiger partial charge is 0.407 e. The van der Waals surface area contributed by atoms with Crippen LogP contribution in [0.3, 0.4) is 0 Å². The molecule has 1 N–H and O–H groups in total. The van der Waals surface area contributed by atoms with Gasteiger partial charge in [-0.05, 0) is 29.7 Å². The molecular formula is C11H13ClF3NO. The zero-order valence-corrected chi connectivity index (χ0v) is 9.99. The van der Waals surface area contributed by atoms with Crippen LogP contribution in [0.2, 0.25) is 0 Å². The normalized spacial score (nSPS) is 19.2. The SMILES string of the molecule is COc1ccc2c(c1)CCNC2C(F)(F)F.Cl. The largest absolute Gasteiger partial charge is 0.497 e. The maximum atomic E-state index is 12.7. The average Bonchev–Trinajstić information content (AvgIpc) is 2.26. The number of hydrogen-bond acceptors (Lipinski definition) is 2. The molecule has 0 bridgehead atoms. The first kappa shape index (κ1) is 14.1. The van der Waals surface area contributed by atoms with Gasteiger partial charge in [0.2, 0.25) is 0 Å². The van der Waals surface area contributed by atoms with E-state index in [-0.39, 0.29) is 12.4 Å². The Balaban J connectivity index is 0.00000144. The number of rotatable bonds is 1. The first-order chi connectivity index (χ1) is 7.52. The minimum Gasteiger partial charge on any atom is -0.497 e. The fourth-order valence-corrected chi connectivity index (χ4v) is 1.96. The van der Waals surface area contributed by atoms with Gasteiger partial charge in [0.25, 0.3) is 0 Å². The number of hydrogen-bond donors (Lipinski definition) is 1. The molecular weight excluding hydrogens is 255 g/mol. The minimum atomic E-state index is -4.25. The van der Waals surface area contributed by atoms with Crippen LogP contribution in [-0.4, -0.2) is 19.8 Å². The third kappa shape index (κ3) is 2.84. The van der Waals surface area contributed by atoms with Crippen molar-refractivity contribution in [2.75, 3.05) is 13.7 Å². The molecule has 0 radical (unpaired) electrons. The Labute approximate surface area is 104 Å². The van der Waals surface area contributed by atoms with Crippen molar-refractivity contribution in [3.63, 3.8) is 0 Å². The molecule has 1 aliphatic heterocycles. The van der Waals surface area contributed by atoms with Crippen molar-refractivity contribution in [1.29, 1.82) is 0 Å². The molecule has 1 unspecified atom stereocenters. The first-order valence-corrected chi connectivity index (χ1v) is 4.99. The molecule has 0 aliphatic carbocycles. The van der Waals surface area contributed by atoms with Gasteiger partial charge in [0.1, 0.15) is 11.8 Å². The number of ether oxygens (including phenoxy) is 1. The van der Waals surface area contributed by atoms with Crippen molar-refractivity contribution in [1.82, 2.24) is 5.32 Å². The van der Waals surface area contributed by atoms with Crippen molar-refractivity contribution < 1.29 is 17.9 Å². The van der Waals surface area contributed by atoms with Crippen molar-refractivity contribution in [3.8, 4) is 5.75 Å². The summed E-state index contributed by atoms with van der Waals surface area (Å²) in [6, 6.07) is 3.17. The van der Waals surface area contributed by atoms with Gasteiger partial charge in [0.15, 0.2) is 0 Å². The van der Waals surface area contributed by atoms with E-state index >= 15 is 0 Å². The van der Waals surface area contributed by atoms with Crippen LogP contribution < -0.4 is 10.1 Å². The van der Waals surface area contributed by atoms with Gasteiger partial charge in [-0.15, -0.1) is 12.4 Å². The molecule has 1 heterocycles. The molecule has 0 saturated heterocycles. The Kier molecular flexibility index (Phi) is 4.27. The third-order valence-electron chi connectivity index (χ3n) is 2.73. The second kappa shape index (κ2) is 5.14. The van der Waals surface area contributed by atoms with Gasteiger partial charge < -0.3 is 10.1 Å². The Morgan fingerprint density at radius 3 is 2.65 bits per heavy atom. The molecule has 0 amide bonds. The van der Waals surface area contributed by atoms with Crippen molar-refractivity contribution in [2.24, 2.45) is 0 Å². The van der Waals surface area contributed by atoms with Crippen LogP contribution >= 0.6 is 12.4 Å². The van der Waals surface area contributed by atoms with Gasteiger partial charge >= 0.3 is 6.18 Å². The van der Waals surface area contributed by atoms with Crippen LogP contribution in [0.4, 0.5) is 13.2 Å². The number of benzene rings is 1. The Bertz CT molecular complexity index is 395. The van der Waals surface area contributed by atoms with Crippen LogP contribution in [-0.2, 0) is 6.42 Å². The van der Waals surface area contributed by atoms with Crippen molar-refractivity contribution in [2.45, 2.75) is 18.6 Å². The molecule has 0 fully saturated rings. The maximum Gasteiger partial charge on any atom is 0.407 e. The first-order valence-electron chi connectivity index (χ1n) is 4.99. The highest BCUT2D eigenvalue weighted by Gasteiger charge is 2.42. The molecule has 6 heteroatoms. The highest BCUT2D eigenvalue weighted by molar-refractivity contribution is 5.85. The lowest BCUT2D eigenvalue weighted by Crippen LogP contribution is -2.39. The molecule has 1 atom stereocenters. The monoisotopic (exact) mass is 267 g/mol. The summed E-state index contributed by atoms with van der Waals surface area (Å²) in [7, 11) is 1.50. The molecule has 1 aromatic rings. The predicted molar refractivity (Wildman–Crippen MR) is 60.7 cm³/mol. The van der Waals surface area contributed by atoms with E-state index in [1.54, 1.807) is 12.1 Å². The Morgan fingerprint density at radius 1 is 1.35 bits per heavy atom. The van der Waals surface area contributed by atoms with Gasteiger partial charge in [-0.25, -0.2) is 0 Å². The molecule has 1 aliphatic rings. The summed E-state index contributed by atoms with van der Waals surface area (Å²) in [5.74, 6) is 0.599. The number of nitrogens with one attached hydrogen (secondary N) is 1. The summed E-state index contributed by atoms with van der Waals surface area (Å²) in [5.41, 5.74) is 1.01. The van der Waals surface area contributed by atoms with E-state index in [4.69, 9.17) is 4.74 Å². The lowest BCUT2D eigenvalue weighted by molar-refractivity contribution is -0.158. The molecule has 0 spiro atoms. The summed E-state index contributed by atoms with van der Waals surface area (Å²) in [6.07, 6.45) is -3.65. The lowest BCUT2D eigenvalue weighted by atomic mass is 9.94. The number of alkyl halides is 3. The third-order valence-corrected chi connectivity index (χ3v) is 2.73. The molecule has 17 heavy (non-hydrogen) atoms. The quantitative estimate of drug-likeness (QED) is 0.845. The summed E-state index contributed by atoms with van der Waals surface area (Å²) >= 11 is 0. The summed E-state index contributed by atoms with van der Waals surface area (Å²) < 4.78 is 43.1. The van der Waals surface area contributed by atoms with Crippen molar-refractivity contribution in [3.05, 3.63) is 29.3 Å². The van der Waals surface area contributed by atoms with E-state index in [0.29, 0.717) is 29.8 Å². The highest BCUT2D eigenvalue weighted by Crippen LogP contribution is 2.37. The van der Waals surface area contributed by atoms with Gasteiger partial charge in [-0.3, -0.25) is 0 Å². The maximum absolute atomic E-state index is 12.7. The van der Waals surface area contributed by atoms with Gasteiger partial charge in [-0.2, -0.15) is 13.2 Å². The van der Waals surface area contributed by atoms with Crippen LogP contribution in [0, 0.1) is 0 Å². The van der Waals surface area contributed by atoms with E-state index in [1.807, 2.05) is 0 Å². The Morgan fingerprint density at radius 2 is 2.06 bits per heavy atom. The molecule has 0 saturated carbocycles. The van der Waals surface area contributed by atoms with E-state index in [2.05, 4.69) is 5.32 Å². The fraction of sp³-hybridized carbons (Fsp3) is 0.455. The summed E-state index contributed by atoms with van der Waals surface area (Å²) in [6.45, 7) is 0.338. The zero-order chi connectivity index (χ0) is 11.8. The molecule has 2 rings (SSSR count). The summed E-state index contributed by atoms with van der Waals surface area (Å²) in [4.78, 5) is 0. The van der Waals surface area contributed by atoms with E-state index in [0.717, 1.165) is 0 Å². The summed E-state index contributed by atoms with van der Waals surface area (Å²) in [5, 5.41) is 2.49. The number of fused-ring (bicyclic) bond motifs is 1. The topological polar surface area (TPSA) is 21.3 Å². The second-order valence-electron chi connectivity index (χ2n) is 3.74. The Hall–Kier alpha value is -0.940. The fourth-order valence-electron chi connectivity index (χ4n) is 1.96. The number of methoxy groups -OCH3 is 1. The zero-order valence-electron chi connectivity index (χ0n) is 9.17. The molecule has 2 nitrogen and oxygen atoms in total. The van der Waals surface area contributed by atoms with Crippen LogP contribution in [0.5, 0.6) is 5.75 Å². The predicted octanol–water partition coefficient (Wildman–Crippen LogP) is 2.87. The average molecular weight is 268 g/mol. The highest BCUT2D eigenvalue weighted by atomic mass is 35.5. The second-order valence-corrected chi connectivity index (χ2v) is 3.74. The molecule has 0 aromatic heterocycles. The van der Waals surface area contributed by atoms with E-state index in [9.17, 15) is 13.2 Å². The van der Waals surface area contributed by atoms with Gasteiger partial charge in [-0.1, -0.05) is 6.07 Å². The van der Waals surface area contributed by atoms with E-state index in [1.165, 1.54) is 13.2 Å². The van der Waals surface area contributed by atoms with Crippen LogP contribution in [0.1, 0.15) is 17.2 Å². The van der Waals surface area contributed by atoms with Gasteiger partial charge in [0.05, 0.1) is 7.11 Å². The lowest BCUT2D eigenvalue weighted by Gasteiger charge is -2.28. The van der Waals surface area contributed by atoms with Gasteiger partial charge in [0, 0.05) is 6.54 Å². The van der Waals surface area contributed by atoms with E-state index < -0.39 is 12.2 Å². The van der Waals surface area contributed by atoms with Crippen molar-refractivity contribution >= 4 is 12.4 Å². The van der Waals surface area contributed by atoms with Crippen LogP contribution in [0.15, 0.2) is 18.2 Å². The molecule has 96 valence electrons.